The van der Waals surface area contributed by atoms with Gasteiger partial charge in [-0.2, -0.15) is 0 Å². The topological polar surface area (TPSA) is 97.2 Å². The van der Waals surface area contributed by atoms with Crippen molar-refractivity contribution in [2.24, 2.45) is 0 Å². The fraction of sp³-hybridized carbons (Fsp3) is 0.286. The van der Waals surface area contributed by atoms with E-state index in [1.54, 1.807) is 54.3 Å². The first kappa shape index (κ1) is 20.7. The minimum atomic E-state index is -0.687. The Hall–Kier alpha value is -3.06. The predicted molar refractivity (Wildman–Crippen MR) is 109 cm³/mol. The van der Waals surface area contributed by atoms with Gasteiger partial charge >= 0.3 is 5.97 Å². The Labute approximate surface area is 172 Å². The normalized spacial score (nSPS) is 12.0. The number of hydrogen-bond acceptors (Lipinski definition) is 5. The number of nitrogens with one attached hydrogen (secondary N) is 1. The van der Waals surface area contributed by atoms with Crippen LogP contribution in [0.25, 0.3) is 0 Å². The number of methoxy groups -OCH3 is 1. The van der Waals surface area contributed by atoms with Crippen LogP contribution in [0.5, 0.6) is 5.75 Å². The molecule has 1 aromatic carbocycles. The van der Waals surface area contributed by atoms with Crippen LogP contribution in [0.2, 0.25) is 5.02 Å². The number of aromatic hydroxyl groups is 1. The van der Waals surface area contributed by atoms with Gasteiger partial charge in [-0.25, -0.2) is 4.98 Å². The molecule has 2 heterocycles. The third kappa shape index (κ3) is 4.68. The van der Waals surface area contributed by atoms with Crippen molar-refractivity contribution in [1.29, 1.82) is 0 Å². The number of H-pyrrole nitrogens is 1. The van der Waals surface area contributed by atoms with Crippen molar-refractivity contribution in [3.63, 3.8) is 0 Å². The molecular weight excluding hydrogens is 394 g/mol. The maximum atomic E-state index is 13.3. The Morgan fingerprint density at radius 3 is 2.83 bits per heavy atom. The number of carbonyl (C=O) groups excluding carboxylic acids is 1. The molecule has 29 heavy (non-hydrogen) atoms. The highest BCUT2D eigenvalue weighted by Crippen LogP contribution is 2.33. The molecule has 0 fully saturated rings. The highest BCUT2D eigenvalue weighted by Gasteiger charge is 2.26. The van der Waals surface area contributed by atoms with Crippen molar-refractivity contribution in [1.82, 2.24) is 14.5 Å². The van der Waals surface area contributed by atoms with E-state index in [4.69, 9.17) is 16.3 Å². The number of halogens is 1. The molecule has 1 atom stereocenters. The Bertz CT molecular complexity index is 1060. The van der Waals surface area contributed by atoms with Crippen LogP contribution in [0.15, 0.2) is 47.7 Å². The molecule has 0 unspecified atom stereocenters. The number of hydrogen-bond donors (Lipinski definition) is 2. The van der Waals surface area contributed by atoms with Crippen LogP contribution in [0.3, 0.4) is 0 Å². The molecule has 2 aromatic heterocycles. The van der Waals surface area contributed by atoms with E-state index in [-0.39, 0.29) is 23.3 Å². The fourth-order valence-electron chi connectivity index (χ4n) is 3.39. The number of aromatic amines is 1. The van der Waals surface area contributed by atoms with Crippen molar-refractivity contribution < 1.29 is 14.6 Å². The van der Waals surface area contributed by atoms with Crippen molar-refractivity contribution >= 4 is 17.6 Å². The zero-order valence-electron chi connectivity index (χ0n) is 16.2. The molecule has 8 heteroatoms. The van der Waals surface area contributed by atoms with Crippen molar-refractivity contribution in [3.05, 3.63) is 80.7 Å². The number of aromatic nitrogens is 3. The molecule has 3 rings (SSSR count). The van der Waals surface area contributed by atoms with Crippen molar-refractivity contribution in [3.8, 4) is 5.75 Å². The first-order chi connectivity index (χ1) is 13.9. The van der Waals surface area contributed by atoms with Crippen LogP contribution < -0.4 is 5.56 Å². The summed E-state index contributed by atoms with van der Waals surface area (Å²) in [6.07, 6.45) is 3.76. The second-order valence-electron chi connectivity index (χ2n) is 6.76. The summed E-state index contributed by atoms with van der Waals surface area (Å²) in [6, 6.07) is 8.44. The second kappa shape index (κ2) is 8.96. The third-order valence-corrected chi connectivity index (χ3v) is 5.12. The van der Waals surface area contributed by atoms with E-state index in [1.807, 2.05) is 0 Å². The lowest BCUT2D eigenvalue weighted by atomic mass is 9.88. The SMILES string of the molecule is COC(=O)C[C@H](c1cccc(Cl)c1)c1c(O)cc(C)n(CCc2cnc[nH]2)c1=O. The molecule has 152 valence electrons. The molecule has 0 spiro atoms. The van der Waals surface area contributed by atoms with E-state index in [1.165, 1.54) is 7.11 Å². The van der Waals surface area contributed by atoms with E-state index in [0.29, 0.717) is 29.2 Å². The van der Waals surface area contributed by atoms with Gasteiger partial charge in [0.2, 0.25) is 0 Å². The molecule has 0 bridgehead atoms. The maximum absolute atomic E-state index is 13.3. The minimum Gasteiger partial charge on any atom is -0.507 e. The lowest BCUT2D eigenvalue weighted by Crippen LogP contribution is -2.29. The average molecular weight is 416 g/mol. The van der Waals surface area contributed by atoms with E-state index in [0.717, 1.165) is 5.69 Å². The Balaban J connectivity index is 2.07. The highest BCUT2D eigenvalue weighted by molar-refractivity contribution is 6.30. The smallest absolute Gasteiger partial charge is 0.306 e. The number of aryl methyl sites for hydroxylation is 2. The van der Waals surface area contributed by atoms with E-state index < -0.39 is 11.9 Å². The minimum absolute atomic E-state index is 0.0940. The standard InChI is InChI=1S/C21H22ClN3O4/c1-13-8-18(26)20(21(28)25(13)7-6-16-11-23-12-24-16)17(10-19(27)29-2)14-4-3-5-15(22)9-14/h3-5,8-9,11-12,17,26H,6-7,10H2,1-2H3,(H,23,24)/t17-/m1/s1. The number of pyridine rings is 1. The first-order valence-electron chi connectivity index (χ1n) is 9.13. The van der Waals surface area contributed by atoms with Gasteiger partial charge in [0.15, 0.2) is 0 Å². The molecule has 0 saturated carbocycles. The van der Waals surface area contributed by atoms with Crippen LogP contribution in [0, 0.1) is 6.92 Å². The maximum Gasteiger partial charge on any atom is 0.306 e. The first-order valence-corrected chi connectivity index (χ1v) is 9.51. The third-order valence-electron chi connectivity index (χ3n) is 4.88. The highest BCUT2D eigenvalue weighted by atomic mass is 35.5. The zero-order valence-corrected chi connectivity index (χ0v) is 16.9. The quantitative estimate of drug-likeness (QED) is 0.577. The monoisotopic (exact) mass is 415 g/mol. The fourth-order valence-corrected chi connectivity index (χ4v) is 3.59. The molecule has 7 nitrogen and oxygen atoms in total. The number of carbonyl (C=O) groups is 1. The van der Waals surface area contributed by atoms with Gasteiger partial charge < -0.3 is 19.4 Å². The predicted octanol–water partition coefficient (Wildman–Crippen LogP) is 3.18. The van der Waals surface area contributed by atoms with Crippen molar-refractivity contribution in [2.45, 2.75) is 32.2 Å². The lowest BCUT2D eigenvalue weighted by molar-refractivity contribution is -0.140. The molecule has 0 amide bonds. The van der Waals surface area contributed by atoms with Gasteiger partial charge in [0.05, 0.1) is 25.4 Å². The molecular formula is C21H22ClN3O4. The number of esters is 1. The summed E-state index contributed by atoms with van der Waals surface area (Å²) < 4.78 is 6.40. The summed E-state index contributed by atoms with van der Waals surface area (Å²) in [5, 5.41) is 11.1. The van der Waals surface area contributed by atoms with Gasteiger partial charge in [0, 0.05) is 41.5 Å². The summed E-state index contributed by atoms with van der Waals surface area (Å²) in [5.74, 6) is -1.33. The van der Waals surface area contributed by atoms with Crippen LogP contribution in [-0.2, 0) is 22.5 Å². The molecule has 3 aromatic rings. The zero-order chi connectivity index (χ0) is 21.0. The second-order valence-corrected chi connectivity index (χ2v) is 7.19. The van der Waals surface area contributed by atoms with Gasteiger partial charge in [0.25, 0.3) is 5.56 Å². The number of benzene rings is 1. The molecule has 0 radical (unpaired) electrons. The Morgan fingerprint density at radius 2 is 2.17 bits per heavy atom. The van der Waals surface area contributed by atoms with Gasteiger partial charge in [-0.3, -0.25) is 9.59 Å². The summed E-state index contributed by atoms with van der Waals surface area (Å²) in [7, 11) is 1.29. The summed E-state index contributed by atoms with van der Waals surface area (Å²) in [4.78, 5) is 32.4. The average Bonchev–Trinajstić information content (AvgIpc) is 3.20. The van der Waals surface area contributed by atoms with Gasteiger partial charge in [0.1, 0.15) is 5.75 Å². The van der Waals surface area contributed by atoms with Crippen LogP contribution in [0.1, 0.15) is 34.9 Å². The van der Waals surface area contributed by atoms with E-state index in [2.05, 4.69) is 9.97 Å². The molecule has 2 N–H and O–H groups in total. The summed E-state index contributed by atoms with van der Waals surface area (Å²) >= 11 is 6.12. The summed E-state index contributed by atoms with van der Waals surface area (Å²) in [6.45, 7) is 2.16. The molecule has 0 aliphatic rings. The number of nitrogens with zero attached hydrogens (tertiary/aromatic N) is 2. The van der Waals surface area contributed by atoms with Gasteiger partial charge in [-0.1, -0.05) is 23.7 Å². The van der Waals surface area contributed by atoms with Crippen molar-refractivity contribution in [2.75, 3.05) is 7.11 Å². The lowest BCUT2D eigenvalue weighted by Gasteiger charge is -2.20. The molecule has 0 aliphatic heterocycles. The Kier molecular flexibility index (Phi) is 6.39. The number of imidazole rings is 1. The Morgan fingerprint density at radius 1 is 1.38 bits per heavy atom. The van der Waals surface area contributed by atoms with E-state index in [9.17, 15) is 14.7 Å². The van der Waals surface area contributed by atoms with Crippen LogP contribution in [0.4, 0.5) is 0 Å². The number of rotatable bonds is 7. The van der Waals surface area contributed by atoms with Crippen LogP contribution in [-0.4, -0.2) is 32.7 Å². The largest absolute Gasteiger partial charge is 0.507 e. The molecule has 0 aliphatic carbocycles. The van der Waals surface area contributed by atoms with Gasteiger partial charge in [-0.15, -0.1) is 0 Å². The number of ether oxygens (including phenoxy) is 1. The summed E-state index contributed by atoms with van der Waals surface area (Å²) in [5.41, 5.74) is 1.97. The van der Waals surface area contributed by atoms with Gasteiger partial charge in [-0.05, 0) is 30.7 Å². The molecule has 0 saturated heterocycles. The van der Waals surface area contributed by atoms with E-state index >= 15 is 0 Å². The van der Waals surface area contributed by atoms with Crippen LogP contribution >= 0.6 is 11.6 Å².